The van der Waals surface area contributed by atoms with Crippen LogP contribution in [0, 0.1) is 0 Å². The van der Waals surface area contributed by atoms with Gasteiger partial charge in [-0.15, -0.1) is 0 Å². The average Bonchev–Trinajstić information content (AvgIpc) is 3.03. The maximum atomic E-state index is 5.66. The number of hydrogen-bond acceptors (Lipinski definition) is 4. The molecule has 5 heteroatoms. The summed E-state index contributed by atoms with van der Waals surface area (Å²) in [5, 5.41) is 8.53. The quantitative estimate of drug-likeness (QED) is 0.603. The van der Waals surface area contributed by atoms with Crippen molar-refractivity contribution in [3.05, 3.63) is 72.1 Å². The van der Waals surface area contributed by atoms with Gasteiger partial charge in [-0.1, -0.05) is 42.5 Å². The minimum absolute atomic E-state index is 0.267. The van der Waals surface area contributed by atoms with Gasteiger partial charge in [0.05, 0.1) is 16.9 Å². The van der Waals surface area contributed by atoms with Gasteiger partial charge in [0.15, 0.2) is 0 Å². The van der Waals surface area contributed by atoms with Crippen molar-refractivity contribution < 1.29 is 0 Å². The number of aromatic amines is 1. The second-order valence-corrected chi connectivity index (χ2v) is 5.41. The van der Waals surface area contributed by atoms with Crippen molar-refractivity contribution in [1.29, 1.82) is 0 Å². The van der Waals surface area contributed by atoms with E-state index in [4.69, 9.17) is 5.73 Å². The lowest BCUT2D eigenvalue weighted by Gasteiger charge is -2.01. The van der Waals surface area contributed by atoms with Crippen molar-refractivity contribution >= 4 is 29.0 Å². The van der Waals surface area contributed by atoms with Crippen LogP contribution in [-0.4, -0.2) is 20.2 Å². The summed E-state index contributed by atoms with van der Waals surface area (Å²) in [6.45, 7) is 0. The first-order valence-corrected chi connectivity index (χ1v) is 7.60. The summed E-state index contributed by atoms with van der Waals surface area (Å²) in [6, 6.07) is 18.1. The molecule has 2 heterocycles. The molecule has 0 amide bonds. The maximum Gasteiger partial charge on any atom is 0.220 e. The Kier molecular flexibility index (Phi) is 3.51. The van der Waals surface area contributed by atoms with Gasteiger partial charge in [0, 0.05) is 17.1 Å². The second-order valence-electron chi connectivity index (χ2n) is 5.41. The van der Waals surface area contributed by atoms with Gasteiger partial charge in [-0.05, 0) is 29.8 Å². The van der Waals surface area contributed by atoms with E-state index in [9.17, 15) is 0 Å². The molecule has 2 aromatic carbocycles. The van der Waals surface area contributed by atoms with Crippen molar-refractivity contribution in [2.75, 3.05) is 5.73 Å². The average molecular weight is 313 g/mol. The SMILES string of the molecule is Nc1nccc(-c2ccc3c(/C=C/c4ccccc4)n[nH]c3c2)n1. The monoisotopic (exact) mass is 313 g/mol. The van der Waals surface area contributed by atoms with Gasteiger partial charge in [0.2, 0.25) is 5.95 Å². The Hall–Kier alpha value is -3.47. The Bertz CT molecular complexity index is 1020. The van der Waals surface area contributed by atoms with E-state index < -0.39 is 0 Å². The highest BCUT2D eigenvalue weighted by molar-refractivity contribution is 5.91. The number of nitrogens with zero attached hydrogens (tertiary/aromatic N) is 3. The van der Waals surface area contributed by atoms with Gasteiger partial charge in [-0.3, -0.25) is 5.10 Å². The van der Waals surface area contributed by atoms with Crippen LogP contribution in [0.25, 0.3) is 34.3 Å². The molecule has 0 aliphatic carbocycles. The molecule has 0 fully saturated rings. The Morgan fingerprint density at radius 1 is 0.958 bits per heavy atom. The zero-order valence-electron chi connectivity index (χ0n) is 12.8. The first-order valence-electron chi connectivity index (χ1n) is 7.60. The molecule has 3 N–H and O–H groups in total. The number of hydrogen-bond donors (Lipinski definition) is 2. The van der Waals surface area contributed by atoms with Crippen molar-refractivity contribution in [2.24, 2.45) is 0 Å². The lowest BCUT2D eigenvalue weighted by molar-refractivity contribution is 1.11. The number of benzene rings is 2. The Labute approximate surface area is 138 Å². The molecule has 5 nitrogen and oxygen atoms in total. The molecule has 4 aromatic rings. The molecule has 24 heavy (non-hydrogen) atoms. The summed E-state index contributed by atoms with van der Waals surface area (Å²) in [5.41, 5.74) is 10.4. The van der Waals surface area contributed by atoms with E-state index in [0.29, 0.717) is 0 Å². The molecule has 0 unspecified atom stereocenters. The fourth-order valence-electron chi connectivity index (χ4n) is 2.60. The van der Waals surface area contributed by atoms with Crippen LogP contribution in [0.1, 0.15) is 11.3 Å². The largest absolute Gasteiger partial charge is 0.368 e. The standard InChI is InChI=1S/C19H15N5/c20-19-21-11-10-16(22-19)14-7-8-15-17(23-24-18(15)12-14)9-6-13-4-2-1-3-5-13/h1-12H,(H,23,24)(H2,20,21,22)/b9-6+. The number of H-pyrrole nitrogens is 1. The van der Waals surface area contributed by atoms with E-state index in [-0.39, 0.29) is 5.95 Å². The van der Waals surface area contributed by atoms with E-state index in [1.807, 2.05) is 48.5 Å². The zero-order chi connectivity index (χ0) is 16.4. The van der Waals surface area contributed by atoms with Gasteiger partial charge >= 0.3 is 0 Å². The number of nitrogen functional groups attached to an aromatic ring is 1. The van der Waals surface area contributed by atoms with Crippen LogP contribution in [0.2, 0.25) is 0 Å². The summed E-state index contributed by atoms with van der Waals surface area (Å²) in [6.07, 6.45) is 5.72. The molecule has 0 atom stereocenters. The van der Waals surface area contributed by atoms with Gasteiger partial charge in [0.25, 0.3) is 0 Å². The Morgan fingerprint density at radius 2 is 1.83 bits per heavy atom. The maximum absolute atomic E-state index is 5.66. The van der Waals surface area contributed by atoms with Crippen LogP contribution < -0.4 is 5.73 Å². The number of nitrogens with two attached hydrogens (primary N) is 1. The van der Waals surface area contributed by atoms with E-state index in [1.54, 1.807) is 6.20 Å². The fraction of sp³-hybridized carbons (Fsp3) is 0. The van der Waals surface area contributed by atoms with E-state index >= 15 is 0 Å². The third kappa shape index (κ3) is 2.75. The number of rotatable bonds is 3. The van der Waals surface area contributed by atoms with Crippen molar-refractivity contribution in [2.45, 2.75) is 0 Å². The van der Waals surface area contributed by atoms with Crippen LogP contribution in [0.3, 0.4) is 0 Å². The molecule has 2 aromatic heterocycles. The highest BCUT2D eigenvalue weighted by atomic mass is 15.1. The van der Waals surface area contributed by atoms with Crippen molar-refractivity contribution in [3.8, 4) is 11.3 Å². The summed E-state index contributed by atoms with van der Waals surface area (Å²) in [7, 11) is 0. The molecular weight excluding hydrogens is 298 g/mol. The predicted molar refractivity (Wildman–Crippen MR) is 96.9 cm³/mol. The molecule has 0 radical (unpaired) electrons. The highest BCUT2D eigenvalue weighted by Gasteiger charge is 2.06. The van der Waals surface area contributed by atoms with E-state index in [0.717, 1.165) is 33.4 Å². The molecule has 116 valence electrons. The van der Waals surface area contributed by atoms with Gasteiger partial charge in [0.1, 0.15) is 0 Å². The molecule has 0 aliphatic heterocycles. The van der Waals surface area contributed by atoms with Gasteiger partial charge < -0.3 is 5.73 Å². The molecule has 0 saturated heterocycles. The molecular formula is C19H15N5. The summed E-state index contributed by atoms with van der Waals surface area (Å²) < 4.78 is 0. The number of anilines is 1. The minimum Gasteiger partial charge on any atom is -0.368 e. The first kappa shape index (κ1) is 14.1. The van der Waals surface area contributed by atoms with Crippen LogP contribution in [0.5, 0.6) is 0 Å². The number of aromatic nitrogens is 4. The lowest BCUT2D eigenvalue weighted by Crippen LogP contribution is -1.94. The smallest absolute Gasteiger partial charge is 0.220 e. The Balaban J connectivity index is 1.69. The van der Waals surface area contributed by atoms with Crippen LogP contribution >= 0.6 is 0 Å². The Morgan fingerprint density at radius 3 is 2.67 bits per heavy atom. The zero-order valence-corrected chi connectivity index (χ0v) is 12.8. The summed E-state index contributed by atoms with van der Waals surface area (Å²) in [5.74, 6) is 0.267. The topological polar surface area (TPSA) is 80.5 Å². The molecule has 4 rings (SSSR count). The molecule has 0 spiro atoms. The molecule has 0 bridgehead atoms. The first-order chi connectivity index (χ1) is 11.8. The lowest BCUT2D eigenvalue weighted by atomic mass is 10.1. The van der Waals surface area contributed by atoms with Gasteiger partial charge in [-0.25, -0.2) is 9.97 Å². The highest BCUT2D eigenvalue weighted by Crippen LogP contribution is 2.24. The number of nitrogens with one attached hydrogen (secondary N) is 1. The van der Waals surface area contributed by atoms with Gasteiger partial charge in [-0.2, -0.15) is 5.10 Å². The van der Waals surface area contributed by atoms with E-state index in [1.165, 1.54) is 0 Å². The van der Waals surface area contributed by atoms with E-state index in [2.05, 4.69) is 38.4 Å². The van der Waals surface area contributed by atoms with Crippen LogP contribution in [-0.2, 0) is 0 Å². The van der Waals surface area contributed by atoms with Crippen LogP contribution in [0.4, 0.5) is 5.95 Å². The fourth-order valence-corrected chi connectivity index (χ4v) is 2.60. The van der Waals surface area contributed by atoms with Crippen molar-refractivity contribution in [1.82, 2.24) is 20.2 Å². The summed E-state index contributed by atoms with van der Waals surface area (Å²) in [4.78, 5) is 8.17. The number of fused-ring (bicyclic) bond motifs is 1. The van der Waals surface area contributed by atoms with Crippen molar-refractivity contribution in [3.63, 3.8) is 0 Å². The molecule has 0 saturated carbocycles. The third-order valence-corrected chi connectivity index (χ3v) is 3.80. The normalized spacial score (nSPS) is 11.3. The predicted octanol–water partition coefficient (Wildman–Crippen LogP) is 3.77. The summed E-state index contributed by atoms with van der Waals surface area (Å²) >= 11 is 0. The second kappa shape index (κ2) is 5.96. The molecule has 0 aliphatic rings. The minimum atomic E-state index is 0.267. The third-order valence-electron chi connectivity index (χ3n) is 3.80. The van der Waals surface area contributed by atoms with Crippen LogP contribution in [0.15, 0.2) is 60.8 Å².